The molecule has 3 nitrogen and oxygen atoms in total. The highest BCUT2D eigenvalue weighted by atomic mass is 127. The zero-order valence-electron chi connectivity index (χ0n) is 7.20. The van der Waals surface area contributed by atoms with Crippen LogP contribution in [-0.4, -0.2) is 12.2 Å². The van der Waals surface area contributed by atoms with Gasteiger partial charge in [-0.25, -0.2) is 12.8 Å². The normalized spacial score (nSPS) is 11.6. The molecule has 0 heterocycles. The largest absolute Gasteiger partial charge is 0.326 e. The Kier molecular flexibility index (Phi) is 3.85. The van der Waals surface area contributed by atoms with Crippen LogP contribution in [0.15, 0.2) is 23.1 Å². The number of nitrogens with two attached hydrogens (primary N) is 1. The summed E-state index contributed by atoms with van der Waals surface area (Å²) in [6.07, 6.45) is 0. The summed E-state index contributed by atoms with van der Waals surface area (Å²) in [5, 5.41) is 0. The van der Waals surface area contributed by atoms with E-state index in [1.165, 1.54) is 12.1 Å². The molecule has 1 rings (SSSR count). The molecule has 0 fully saturated rings. The monoisotopic (exact) mass is 329 g/mol. The van der Waals surface area contributed by atoms with E-state index in [9.17, 15) is 12.8 Å². The third-order valence-electron chi connectivity index (χ3n) is 1.75. The van der Waals surface area contributed by atoms with E-state index in [1.807, 2.05) is 0 Å². The Morgan fingerprint density at radius 1 is 1.43 bits per heavy atom. The Morgan fingerprint density at radius 2 is 2.07 bits per heavy atom. The van der Waals surface area contributed by atoms with Gasteiger partial charge in [0.15, 0.2) is 9.84 Å². The summed E-state index contributed by atoms with van der Waals surface area (Å²) in [6, 6.07) is 3.78. The van der Waals surface area contributed by atoms with E-state index in [2.05, 4.69) is 0 Å². The van der Waals surface area contributed by atoms with Crippen molar-refractivity contribution in [3.8, 4) is 0 Å². The lowest BCUT2D eigenvalue weighted by molar-refractivity contribution is 0.590. The quantitative estimate of drug-likeness (QED) is 0.675. The predicted molar refractivity (Wildman–Crippen MR) is 60.4 cm³/mol. The molecule has 0 aliphatic rings. The summed E-state index contributed by atoms with van der Waals surface area (Å²) in [4.78, 5) is 0.00148. The summed E-state index contributed by atoms with van der Waals surface area (Å²) in [5.74, 6) is -0.571. The molecule has 14 heavy (non-hydrogen) atoms. The second-order valence-electron chi connectivity index (χ2n) is 2.68. The van der Waals surface area contributed by atoms with E-state index in [4.69, 9.17) is 5.73 Å². The highest BCUT2D eigenvalue weighted by Gasteiger charge is 2.14. The van der Waals surface area contributed by atoms with Gasteiger partial charge in [0.1, 0.15) is 9.58 Å². The Labute approximate surface area is 95.6 Å². The summed E-state index contributed by atoms with van der Waals surface area (Å²) in [5.41, 5.74) is 5.57. The van der Waals surface area contributed by atoms with Gasteiger partial charge in [-0.3, -0.25) is 0 Å². The Hall–Kier alpha value is -0.210. The van der Waals surface area contributed by atoms with E-state index < -0.39 is 15.7 Å². The first-order valence-corrected chi connectivity index (χ1v) is 6.96. The van der Waals surface area contributed by atoms with Crippen LogP contribution < -0.4 is 5.73 Å². The third-order valence-corrected chi connectivity index (χ3v) is 5.47. The average Bonchev–Trinajstić information content (AvgIpc) is 2.17. The zero-order valence-corrected chi connectivity index (χ0v) is 10.2. The minimum absolute atomic E-state index is 0.00148. The molecule has 0 amide bonds. The average molecular weight is 329 g/mol. The van der Waals surface area contributed by atoms with Crippen LogP contribution in [0.2, 0.25) is 0 Å². The number of hydrogen-bond acceptors (Lipinski definition) is 3. The number of hydrogen-bond donors (Lipinski definition) is 1. The highest BCUT2D eigenvalue weighted by Crippen LogP contribution is 2.17. The van der Waals surface area contributed by atoms with Crippen LogP contribution in [0.25, 0.3) is 0 Å². The lowest BCUT2D eigenvalue weighted by atomic mass is 10.2. The number of sulfone groups is 1. The summed E-state index contributed by atoms with van der Waals surface area (Å²) in [6.45, 7) is 0.0659. The lowest BCUT2D eigenvalue weighted by Gasteiger charge is -2.03. The molecule has 0 unspecified atom stereocenters. The SMILES string of the molecule is NCc1ccc(S(=O)(=O)CI)cc1F. The second kappa shape index (κ2) is 4.54. The lowest BCUT2D eigenvalue weighted by Crippen LogP contribution is -2.05. The van der Waals surface area contributed by atoms with Gasteiger partial charge in [-0.1, -0.05) is 28.7 Å². The van der Waals surface area contributed by atoms with Gasteiger partial charge in [0.2, 0.25) is 0 Å². The first-order valence-electron chi connectivity index (χ1n) is 3.78. The minimum Gasteiger partial charge on any atom is -0.326 e. The van der Waals surface area contributed by atoms with Crippen LogP contribution in [0.4, 0.5) is 4.39 Å². The molecule has 0 spiro atoms. The third kappa shape index (κ3) is 2.43. The van der Waals surface area contributed by atoms with Crippen LogP contribution >= 0.6 is 22.6 Å². The van der Waals surface area contributed by atoms with Crippen LogP contribution in [-0.2, 0) is 16.4 Å². The van der Waals surface area contributed by atoms with Gasteiger partial charge in [-0.15, -0.1) is 0 Å². The van der Waals surface area contributed by atoms with E-state index >= 15 is 0 Å². The molecular weight excluding hydrogens is 320 g/mol. The first-order chi connectivity index (χ1) is 6.51. The molecule has 0 saturated heterocycles. The van der Waals surface area contributed by atoms with Crippen molar-refractivity contribution < 1.29 is 12.8 Å². The Morgan fingerprint density at radius 3 is 2.50 bits per heavy atom. The number of rotatable bonds is 3. The summed E-state index contributed by atoms with van der Waals surface area (Å²) in [7, 11) is -3.34. The standard InChI is InChI=1S/C8H9FINO2S/c9-8-3-7(14(12,13)5-10)2-1-6(8)4-11/h1-3H,4-5,11H2. The molecule has 0 saturated carbocycles. The van der Waals surface area contributed by atoms with Crippen molar-refractivity contribution in [3.63, 3.8) is 0 Å². The van der Waals surface area contributed by atoms with E-state index in [1.54, 1.807) is 22.6 Å². The van der Waals surface area contributed by atoms with Crippen molar-refractivity contribution in [3.05, 3.63) is 29.6 Å². The molecule has 0 aromatic heterocycles. The summed E-state index contributed by atoms with van der Waals surface area (Å²) < 4.78 is 35.8. The molecule has 6 heteroatoms. The van der Waals surface area contributed by atoms with Crippen molar-refractivity contribution in [1.82, 2.24) is 0 Å². The zero-order chi connectivity index (χ0) is 10.8. The smallest absolute Gasteiger partial charge is 0.187 e. The van der Waals surface area contributed by atoms with Gasteiger partial charge in [0, 0.05) is 12.1 Å². The van der Waals surface area contributed by atoms with Gasteiger partial charge < -0.3 is 5.73 Å². The molecule has 1 aromatic carbocycles. The maximum absolute atomic E-state index is 13.2. The van der Waals surface area contributed by atoms with Crippen LogP contribution in [0.5, 0.6) is 0 Å². The van der Waals surface area contributed by atoms with Gasteiger partial charge in [-0.2, -0.15) is 0 Å². The maximum atomic E-state index is 13.2. The molecule has 78 valence electrons. The van der Waals surface area contributed by atoms with Gasteiger partial charge in [0.05, 0.1) is 4.90 Å². The molecular formula is C8H9FINO2S. The fourth-order valence-corrected chi connectivity index (χ4v) is 2.71. The first kappa shape index (κ1) is 11.9. The Bertz CT molecular complexity index is 433. The van der Waals surface area contributed by atoms with Gasteiger partial charge in [0.25, 0.3) is 0 Å². The minimum atomic E-state index is -3.34. The number of halogens is 2. The molecule has 0 radical (unpaired) electrons. The predicted octanol–water partition coefficient (Wildman–Crippen LogP) is 1.45. The maximum Gasteiger partial charge on any atom is 0.187 e. The fraction of sp³-hybridized carbons (Fsp3) is 0.250. The van der Waals surface area contributed by atoms with E-state index in [0.29, 0.717) is 5.56 Å². The molecule has 1 aromatic rings. The summed E-state index contributed by atoms with van der Waals surface area (Å²) >= 11 is 1.73. The van der Waals surface area contributed by atoms with Crippen LogP contribution in [0, 0.1) is 5.82 Å². The van der Waals surface area contributed by atoms with Crippen molar-refractivity contribution in [2.24, 2.45) is 5.73 Å². The molecule has 2 N–H and O–H groups in total. The van der Waals surface area contributed by atoms with Crippen molar-refractivity contribution >= 4 is 32.4 Å². The number of alkyl halides is 1. The van der Waals surface area contributed by atoms with Crippen LogP contribution in [0.3, 0.4) is 0 Å². The highest BCUT2D eigenvalue weighted by molar-refractivity contribution is 14.1. The van der Waals surface area contributed by atoms with Crippen molar-refractivity contribution in [2.45, 2.75) is 11.4 Å². The fourth-order valence-electron chi connectivity index (χ4n) is 0.950. The molecule has 0 aliphatic carbocycles. The Balaban J connectivity index is 3.22. The van der Waals surface area contributed by atoms with Crippen molar-refractivity contribution in [2.75, 3.05) is 3.76 Å². The molecule has 0 atom stereocenters. The van der Waals surface area contributed by atoms with Gasteiger partial charge >= 0.3 is 0 Å². The number of benzene rings is 1. The van der Waals surface area contributed by atoms with Gasteiger partial charge in [-0.05, 0) is 12.1 Å². The second-order valence-corrected chi connectivity index (χ2v) is 6.47. The molecule has 0 aliphatic heterocycles. The van der Waals surface area contributed by atoms with Crippen LogP contribution in [0.1, 0.15) is 5.56 Å². The van der Waals surface area contributed by atoms with Crippen molar-refractivity contribution in [1.29, 1.82) is 0 Å². The topological polar surface area (TPSA) is 60.2 Å². The van der Waals surface area contributed by atoms with E-state index in [0.717, 1.165) is 6.07 Å². The molecule has 0 bridgehead atoms. The van der Waals surface area contributed by atoms with E-state index in [-0.39, 0.29) is 15.2 Å².